The number of furan rings is 1. The summed E-state index contributed by atoms with van der Waals surface area (Å²) in [5.74, 6) is 0.529. The Morgan fingerprint density at radius 2 is 1.83 bits per heavy atom. The van der Waals surface area contributed by atoms with Gasteiger partial charge < -0.3 is 23.8 Å². The number of phenols is 1. The average molecular weight is 396 g/mol. The van der Waals surface area contributed by atoms with E-state index in [9.17, 15) is 14.7 Å². The molecule has 3 heterocycles. The Morgan fingerprint density at radius 3 is 2.55 bits per heavy atom. The van der Waals surface area contributed by atoms with Crippen molar-refractivity contribution in [2.24, 2.45) is 0 Å². The molecule has 0 spiro atoms. The number of carbonyl (C=O) groups is 2. The highest BCUT2D eigenvalue weighted by atomic mass is 16.5. The molecular weight excluding hydrogens is 376 g/mol. The van der Waals surface area contributed by atoms with Crippen molar-refractivity contribution in [3.63, 3.8) is 0 Å². The summed E-state index contributed by atoms with van der Waals surface area (Å²) in [5, 5.41) is 13.7. The second-order valence-electron chi connectivity index (χ2n) is 6.71. The van der Waals surface area contributed by atoms with E-state index < -0.39 is 0 Å². The summed E-state index contributed by atoms with van der Waals surface area (Å²) >= 11 is 0. The highest BCUT2D eigenvalue weighted by Crippen LogP contribution is 2.19. The molecule has 0 atom stereocenters. The molecule has 2 aromatic heterocycles. The van der Waals surface area contributed by atoms with Crippen molar-refractivity contribution >= 4 is 11.8 Å². The highest BCUT2D eigenvalue weighted by molar-refractivity contribution is 5.97. The first-order chi connectivity index (χ1) is 14.1. The van der Waals surface area contributed by atoms with Gasteiger partial charge in [-0.1, -0.05) is 17.3 Å². The van der Waals surface area contributed by atoms with Crippen LogP contribution in [0.1, 0.15) is 22.7 Å². The lowest BCUT2D eigenvalue weighted by molar-refractivity contribution is -0.132. The quantitative estimate of drug-likeness (QED) is 0.701. The Balaban J connectivity index is 1.27. The highest BCUT2D eigenvalue weighted by Gasteiger charge is 2.26. The van der Waals surface area contributed by atoms with Crippen LogP contribution in [-0.2, 0) is 11.2 Å². The summed E-state index contributed by atoms with van der Waals surface area (Å²) in [7, 11) is 0. The van der Waals surface area contributed by atoms with Crippen LogP contribution in [0.2, 0.25) is 0 Å². The fraction of sp³-hybridized carbons (Fsp3) is 0.300. The van der Waals surface area contributed by atoms with Crippen molar-refractivity contribution in [1.82, 2.24) is 19.9 Å². The van der Waals surface area contributed by atoms with Gasteiger partial charge in [0.25, 0.3) is 5.91 Å². The topological polar surface area (TPSA) is 113 Å². The normalized spacial score (nSPS) is 14.2. The van der Waals surface area contributed by atoms with E-state index in [0.29, 0.717) is 44.3 Å². The largest absolute Gasteiger partial charge is 0.507 e. The molecule has 0 bridgehead atoms. The number of hydrogen-bond donors (Lipinski definition) is 1. The van der Waals surface area contributed by atoms with Gasteiger partial charge in [-0.3, -0.25) is 9.59 Å². The number of aryl methyl sites for hydroxylation is 1. The average Bonchev–Trinajstić information content (AvgIpc) is 3.44. The summed E-state index contributed by atoms with van der Waals surface area (Å²) in [6.45, 7) is 1.73. The molecule has 9 nitrogen and oxygen atoms in total. The maximum absolute atomic E-state index is 12.5. The first kappa shape index (κ1) is 18.7. The van der Waals surface area contributed by atoms with Gasteiger partial charge in [-0.05, 0) is 18.2 Å². The second-order valence-corrected chi connectivity index (χ2v) is 6.71. The first-order valence-electron chi connectivity index (χ1n) is 9.32. The van der Waals surface area contributed by atoms with E-state index in [1.807, 2.05) is 0 Å². The van der Waals surface area contributed by atoms with Crippen LogP contribution in [0.25, 0.3) is 11.4 Å². The van der Waals surface area contributed by atoms with Gasteiger partial charge in [0, 0.05) is 39.0 Å². The van der Waals surface area contributed by atoms with Crippen LogP contribution in [0.15, 0.2) is 51.8 Å². The molecule has 1 fully saturated rings. The zero-order chi connectivity index (χ0) is 20.2. The number of carbonyl (C=O) groups excluding carboxylic acids is 2. The van der Waals surface area contributed by atoms with Gasteiger partial charge >= 0.3 is 0 Å². The molecule has 2 amide bonds. The SMILES string of the molecule is O=C(CCc1nc(-c2ccoc2)no1)N1CCN(C(=O)c2ccccc2O)CC1. The zero-order valence-electron chi connectivity index (χ0n) is 15.7. The Hall–Kier alpha value is -3.62. The molecule has 1 aliphatic heterocycles. The summed E-state index contributed by atoms with van der Waals surface area (Å²) in [5.41, 5.74) is 0.994. The molecule has 1 aliphatic rings. The van der Waals surface area contributed by atoms with E-state index >= 15 is 0 Å². The van der Waals surface area contributed by atoms with Crippen molar-refractivity contribution in [1.29, 1.82) is 0 Å². The monoisotopic (exact) mass is 396 g/mol. The third kappa shape index (κ3) is 4.13. The number of rotatable bonds is 5. The third-order valence-electron chi connectivity index (χ3n) is 4.85. The maximum Gasteiger partial charge on any atom is 0.257 e. The van der Waals surface area contributed by atoms with E-state index in [0.717, 1.165) is 5.56 Å². The molecule has 0 radical (unpaired) electrons. The van der Waals surface area contributed by atoms with Crippen LogP contribution in [0.3, 0.4) is 0 Å². The fourth-order valence-electron chi connectivity index (χ4n) is 3.22. The minimum absolute atomic E-state index is 0.0253. The van der Waals surface area contributed by atoms with Gasteiger partial charge in [-0.2, -0.15) is 4.98 Å². The predicted octanol–water partition coefficient (Wildman–Crippen LogP) is 1.95. The van der Waals surface area contributed by atoms with Crippen molar-refractivity contribution in [3.05, 3.63) is 54.3 Å². The number of piperazine rings is 1. The van der Waals surface area contributed by atoms with Gasteiger partial charge in [-0.25, -0.2) is 0 Å². The molecule has 3 aromatic rings. The molecule has 0 unspecified atom stereocenters. The summed E-state index contributed by atoms with van der Waals surface area (Å²) in [6.07, 6.45) is 3.65. The number of benzene rings is 1. The van der Waals surface area contributed by atoms with Crippen LogP contribution in [0.5, 0.6) is 5.75 Å². The molecule has 0 saturated carbocycles. The van der Waals surface area contributed by atoms with Gasteiger partial charge in [0.15, 0.2) is 0 Å². The van der Waals surface area contributed by atoms with Crippen LogP contribution >= 0.6 is 0 Å². The number of aromatic nitrogens is 2. The van der Waals surface area contributed by atoms with E-state index in [1.165, 1.54) is 18.6 Å². The lowest BCUT2D eigenvalue weighted by atomic mass is 10.1. The number of nitrogens with zero attached hydrogens (tertiary/aromatic N) is 4. The number of hydrogen-bond acceptors (Lipinski definition) is 7. The number of amides is 2. The minimum atomic E-state index is -0.229. The van der Waals surface area contributed by atoms with Gasteiger partial charge in [0.1, 0.15) is 12.0 Å². The van der Waals surface area contributed by atoms with Crippen molar-refractivity contribution < 1.29 is 23.6 Å². The van der Waals surface area contributed by atoms with Crippen LogP contribution in [0.4, 0.5) is 0 Å². The van der Waals surface area contributed by atoms with Gasteiger partial charge in [0.2, 0.25) is 17.6 Å². The summed E-state index contributed by atoms with van der Waals surface area (Å²) in [6, 6.07) is 8.20. The molecule has 1 N–H and O–H groups in total. The zero-order valence-corrected chi connectivity index (χ0v) is 15.7. The lowest BCUT2D eigenvalue weighted by Crippen LogP contribution is -2.50. The van der Waals surface area contributed by atoms with E-state index in [2.05, 4.69) is 10.1 Å². The molecule has 29 heavy (non-hydrogen) atoms. The number of phenolic OH excluding ortho intramolecular Hbond substituents is 1. The Bertz CT molecular complexity index is 990. The Labute approximate surface area is 166 Å². The Kier molecular flexibility index (Phi) is 5.28. The van der Waals surface area contributed by atoms with Gasteiger partial charge in [-0.15, -0.1) is 0 Å². The summed E-state index contributed by atoms with van der Waals surface area (Å²) in [4.78, 5) is 32.7. The number of para-hydroxylation sites is 1. The molecule has 9 heteroatoms. The molecule has 0 aliphatic carbocycles. The molecule has 150 valence electrons. The van der Waals surface area contributed by atoms with Crippen LogP contribution in [-0.4, -0.2) is 63.0 Å². The van der Waals surface area contributed by atoms with Gasteiger partial charge in [0.05, 0.1) is 17.4 Å². The lowest BCUT2D eigenvalue weighted by Gasteiger charge is -2.35. The van der Waals surface area contributed by atoms with Crippen LogP contribution in [0, 0.1) is 0 Å². The van der Waals surface area contributed by atoms with E-state index in [4.69, 9.17) is 8.94 Å². The fourth-order valence-corrected chi connectivity index (χ4v) is 3.22. The molecule has 4 rings (SSSR count). The minimum Gasteiger partial charge on any atom is -0.507 e. The standard InChI is InChI=1S/C20H20N4O5/c25-16-4-2-1-3-15(16)20(27)24-10-8-23(9-11-24)18(26)6-5-17-21-19(22-29-17)14-7-12-28-13-14/h1-4,7,12-13,25H,5-6,8-11H2. The van der Waals surface area contributed by atoms with Crippen molar-refractivity contribution in [2.75, 3.05) is 26.2 Å². The molecule has 1 aromatic carbocycles. The van der Waals surface area contributed by atoms with Crippen molar-refractivity contribution in [3.8, 4) is 17.1 Å². The van der Waals surface area contributed by atoms with E-state index in [1.54, 1.807) is 34.1 Å². The van der Waals surface area contributed by atoms with Crippen LogP contribution < -0.4 is 0 Å². The van der Waals surface area contributed by atoms with E-state index in [-0.39, 0.29) is 29.5 Å². The smallest absolute Gasteiger partial charge is 0.257 e. The Morgan fingerprint density at radius 1 is 1.07 bits per heavy atom. The molecular formula is C20H20N4O5. The predicted molar refractivity (Wildman–Crippen MR) is 101 cm³/mol. The molecule has 1 saturated heterocycles. The number of aromatic hydroxyl groups is 1. The third-order valence-corrected chi connectivity index (χ3v) is 4.85. The maximum atomic E-state index is 12.5. The summed E-state index contributed by atoms with van der Waals surface area (Å²) < 4.78 is 10.2. The van der Waals surface area contributed by atoms with Crippen molar-refractivity contribution in [2.45, 2.75) is 12.8 Å². The second kappa shape index (κ2) is 8.17. The first-order valence-corrected chi connectivity index (χ1v) is 9.32.